The highest BCUT2D eigenvalue weighted by molar-refractivity contribution is 5.92. The Kier molecular flexibility index (Phi) is 5.78. The summed E-state index contributed by atoms with van der Waals surface area (Å²) in [7, 11) is 0. The molecule has 3 rings (SSSR count). The summed E-state index contributed by atoms with van der Waals surface area (Å²) < 4.78 is 78.2. The largest absolute Gasteiger partial charge is 0.416 e. The van der Waals surface area contributed by atoms with E-state index < -0.39 is 40.8 Å². The van der Waals surface area contributed by atoms with Gasteiger partial charge in [0.15, 0.2) is 5.82 Å². The zero-order valence-corrected chi connectivity index (χ0v) is 14.9. The second-order valence-electron chi connectivity index (χ2n) is 6.56. The smallest absolute Gasteiger partial charge is 0.349 e. The fourth-order valence-corrected chi connectivity index (χ4v) is 2.95. The Morgan fingerprint density at radius 3 is 2.31 bits per heavy atom. The van der Waals surface area contributed by atoms with Crippen molar-refractivity contribution in [1.29, 1.82) is 0 Å². The number of aromatic nitrogens is 2. The highest BCUT2D eigenvalue weighted by atomic mass is 19.4. The minimum atomic E-state index is -4.99. The maximum Gasteiger partial charge on any atom is 0.416 e. The maximum atomic E-state index is 13.0. The molecule has 156 valence electrons. The Morgan fingerprint density at radius 2 is 1.76 bits per heavy atom. The van der Waals surface area contributed by atoms with Crippen molar-refractivity contribution < 1.29 is 31.1 Å². The molecule has 2 heterocycles. The van der Waals surface area contributed by atoms with Crippen molar-refractivity contribution in [1.82, 2.24) is 20.6 Å². The Balaban J connectivity index is 1.90. The van der Waals surface area contributed by atoms with Crippen molar-refractivity contribution in [3.63, 3.8) is 0 Å². The minimum Gasteiger partial charge on any atom is -0.349 e. The monoisotopic (exact) mass is 418 g/mol. The summed E-state index contributed by atoms with van der Waals surface area (Å²) in [5.41, 5.74) is -3.60. The van der Waals surface area contributed by atoms with Crippen LogP contribution in [0.5, 0.6) is 0 Å². The van der Waals surface area contributed by atoms with Crippen molar-refractivity contribution in [2.75, 3.05) is 13.1 Å². The average Bonchev–Trinajstić information content (AvgIpc) is 3.18. The number of carbonyl (C=O) groups is 1. The predicted octanol–water partition coefficient (Wildman–Crippen LogP) is 3.66. The molecule has 2 N–H and O–H groups in total. The van der Waals surface area contributed by atoms with Gasteiger partial charge in [0, 0.05) is 24.3 Å². The van der Waals surface area contributed by atoms with E-state index >= 15 is 0 Å². The Hall–Kier alpha value is -2.69. The Morgan fingerprint density at radius 1 is 1.10 bits per heavy atom. The molecular weight excluding hydrogens is 402 g/mol. The number of benzene rings is 1. The number of halogens is 6. The highest BCUT2D eigenvalue weighted by Gasteiger charge is 2.37. The summed E-state index contributed by atoms with van der Waals surface area (Å²) in [5, 5.41) is 5.82. The van der Waals surface area contributed by atoms with Crippen LogP contribution in [0.3, 0.4) is 0 Å². The third-order valence-electron chi connectivity index (χ3n) is 4.41. The van der Waals surface area contributed by atoms with Gasteiger partial charge in [-0.05, 0) is 43.7 Å². The third-order valence-corrected chi connectivity index (χ3v) is 4.41. The lowest BCUT2D eigenvalue weighted by molar-refractivity contribution is -0.143. The zero-order valence-electron chi connectivity index (χ0n) is 14.9. The van der Waals surface area contributed by atoms with E-state index in [0.717, 1.165) is 25.6 Å². The molecule has 1 aliphatic rings. The second kappa shape index (κ2) is 7.97. The molecule has 1 aliphatic heterocycles. The maximum absolute atomic E-state index is 13.0. The molecule has 0 spiro atoms. The molecule has 0 radical (unpaired) electrons. The molecule has 5 nitrogen and oxygen atoms in total. The Bertz CT molecular complexity index is 858. The number of carbonyl (C=O) groups excluding carboxylic acids is 1. The van der Waals surface area contributed by atoms with Crippen molar-refractivity contribution >= 4 is 5.91 Å². The van der Waals surface area contributed by atoms with Crippen LogP contribution in [0.2, 0.25) is 0 Å². The van der Waals surface area contributed by atoms with Crippen LogP contribution in [0.15, 0.2) is 30.5 Å². The molecule has 11 heteroatoms. The van der Waals surface area contributed by atoms with Crippen LogP contribution in [0, 0.1) is 0 Å². The van der Waals surface area contributed by atoms with Crippen LogP contribution in [0.4, 0.5) is 26.3 Å². The van der Waals surface area contributed by atoms with Gasteiger partial charge in [-0.2, -0.15) is 26.3 Å². The molecule has 29 heavy (non-hydrogen) atoms. The number of alkyl halides is 6. The predicted molar refractivity (Wildman–Crippen MR) is 90.8 cm³/mol. The first-order valence-electron chi connectivity index (χ1n) is 8.68. The first kappa shape index (κ1) is 21.0. The fourth-order valence-electron chi connectivity index (χ4n) is 2.95. The molecule has 1 aromatic carbocycles. The third kappa shape index (κ3) is 5.22. The highest BCUT2D eigenvalue weighted by Crippen LogP contribution is 2.38. The number of hydrogen-bond acceptors (Lipinski definition) is 4. The standard InChI is InChI=1S/C18H16F6N4O/c19-17(20,21)11-6-10(7-12(8-11)18(22,23)24)15-26-5-3-14(28-15)16(29)27-9-13-2-1-4-25-13/h3,5-8,13,25H,1-2,4,9H2,(H,27,29)/t13-/m0/s1. The van der Waals surface area contributed by atoms with E-state index in [4.69, 9.17) is 0 Å². The minimum absolute atomic E-state index is 0.0225. The molecule has 1 atom stereocenters. The second-order valence-corrected chi connectivity index (χ2v) is 6.56. The quantitative estimate of drug-likeness (QED) is 0.744. The molecule has 1 saturated heterocycles. The molecule has 1 amide bonds. The normalized spacial score (nSPS) is 17.4. The lowest BCUT2D eigenvalue weighted by Crippen LogP contribution is -2.37. The van der Waals surface area contributed by atoms with Crippen molar-refractivity contribution in [3.05, 3.63) is 47.3 Å². The zero-order chi connectivity index (χ0) is 21.2. The molecule has 1 aromatic heterocycles. The van der Waals surface area contributed by atoms with E-state index in [2.05, 4.69) is 20.6 Å². The summed E-state index contributed by atoms with van der Waals surface area (Å²) in [6.45, 7) is 1.18. The van der Waals surface area contributed by atoms with Crippen molar-refractivity contribution in [2.24, 2.45) is 0 Å². The number of hydrogen-bond donors (Lipinski definition) is 2. The van der Waals surface area contributed by atoms with E-state index in [9.17, 15) is 31.1 Å². The summed E-state index contributed by atoms with van der Waals surface area (Å²) >= 11 is 0. The molecule has 1 fully saturated rings. The van der Waals surface area contributed by atoms with Gasteiger partial charge in [-0.1, -0.05) is 0 Å². The molecule has 0 unspecified atom stereocenters. The van der Waals surface area contributed by atoms with Crippen LogP contribution in [-0.2, 0) is 12.4 Å². The van der Waals surface area contributed by atoms with Crippen LogP contribution >= 0.6 is 0 Å². The summed E-state index contributed by atoms with van der Waals surface area (Å²) in [6.07, 6.45) is -6.99. The molecule has 2 aromatic rings. The first-order valence-corrected chi connectivity index (χ1v) is 8.68. The van der Waals surface area contributed by atoms with Crippen LogP contribution in [-0.4, -0.2) is 35.0 Å². The molecule has 0 saturated carbocycles. The van der Waals surface area contributed by atoms with Gasteiger partial charge in [-0.3, -0.25) is 4.79 Å². The van der Waals surface area contributed by atoms with Crippen molar-refractivity contribution in [3.8, 4) is 11.4 Å². The van der Waals surface area contributed by atoms with E-state index in [1.807, 2.05) is 0 Å². The van der Waals surface area contributed by atoms with Crippen molar-refractivity contribution in [2.45, 2.75) is 31.2 Å². The van der Waals surface area contributed by atoms with Gasteiger partial charge >= 0.3 is 12.4 Å². The molecule has 0 bridgehead atoms. The van der Waals surface area contributed by atoms with Crippen LogP contribution in [0.1, 0.15) is 34.5 Å². The summed E-state index contributed by atoms with van der Waals surface area (Å²) in [6, 6.07) is 2.41. The topological polar surface area (TPSA) is 66.9 Å². The number of nitrogens with one attached hydrogen (secondary N) is 2. The number of amides is 1. The van der Waals surface area contributed by atoms with Gasteiger partial charge in [0.25, 0.3) is 5.91 Å². The average molecular weight is 418 g/mol. The lowest BCUT2D eigenvalue weighted by atomic mass is 10.0. The molecular formula is C18H16F6N4O. The number of rotatable bonds is 4. The van der Waals surface area contributed by atoms with Gasteiger partial charge < -0.3 is 10.6 Å². The van der Waals surface area contributed by atoms with Gasteiger partial charge in [0.1, 0.15) is 5.69 Å². The van der Waals surface area contributed by atoms with E-state index in [1.54, 1.807) is 0 Å². The summed E-state index contributed by atoms with van der Waals surface area (Å²) in [4.78, 5) is 19.8. The number of nitrogens with zero attached hydrogens (tertiary/aromatic N) is 2. The van der Waals surface area contributed by atoms with E-state index in [0.29, 0.717) is 18.7 Å². The Labute approximate surface area is 161 Å². The van der Waals surface area contributed by atoms with Crippen LogP contribution in [0.25, 0.3) is 11.4 Å². The SMILES string of the molecule is O=C(NC[C@@H]1CCCN1)c1ccnc(-c2cc(C(F)(F)F)cc(C(F)(F)F)c2)n1. The van der Waals surface area contributed by atoms with Gasteiger partial charge in [0.05, 0.1) is 11.1 Å². The van der Waals surface area contributed by atoms with E-state index in [-0.39, 0.29) is 17.8 Å². The molecule has 0 aliphatic carbocycles. The van der Waals surface area contributed by atoms with Gasteiger partial charge in [0.2, 0.25) is 0 Å². The van der Waals surface area contributed by atoms with Gasteiger partial charge in [-0.25, -0.2) is 9.97 Å². The fraction of sp³-hybridized carbons (Fsp3) is 0.389. The summed E-state index contributed by atoms with van der Waals surface area (Å²) in [5.74, 6) is -1.00. The van der Waals surface area contributed by atoms with E-state index in [1.165, 1.54) is 6.07 Å². The van der Waals surface area contributed by atoms with Gasteiger partial charge in [-0.15, -0.1) is 0 Å². The van der Waals surface area contributed by atoms with Crippen LogP contribution < -0.4 is 10.6 Å². The first-order chi connectivity index (χ1) is 13.5. The lowest BCUT2D eigenvalue weighted by Gasteiger charge is -2.14.